The van der Waals surface area contributed by atoms with Crippen LogP contribution in [0.15, 0.2) is 30.3 Å². The molecule has 1 fully saturated rings. The lowest BCUT2D eigenvalue weighted by molar-refractivity contribution is 0.244. The third-order valence-electron chi connectivity index (χ3n) is 3.94. The Labute approximate surface area is 115 Å². The third-order valence-corrected chi connectivity index (χ3v) is 3.94. The molecule has 1 aliphatic heterocycles. The third kappa shape index (κ3) is 3.47. The van der Waals surface area contributed by atoms with Gasteiger partial charge in [-0.3, -0.25) is 0 Å². The summed E-state index contributed by atoms with van der Waals surface area (Å²) < 4.78 is 0. The summed E-state index contributed by atoms with van der Waals surface area (Å²) in [6.45, 7) is 8.19. The lowest BCUT2D eigenvalue weighted by Crippen LogP contribution is -2.37. The van der Waals surface area contributed by atoms with Gasteiger partial charge in [-0.25, -0.2) is 4.79 Å². The Morgan fingerprint density at radius 2 is 2.11 bits per heavy atom. The number of carbonyl (C=O) groups is 1. The minimum atomic E-state index is -0.446. The maximum absolute atomic E-state index is 10.7. The summed E-state index contributed by atoms with van der Waals surface area (Å²) >= 11 is 0. The molecule has 1 aliphatic rings. The first kappa shape index (κ1) is 13.9. The average molecular weight is 261 g/mol. The van der Waals surface area contributed by atoms with Gasteiger partial charge in [-0.05, 0) is 11.0 Å². The molecule has 2 amide bonds. The minimum absolute atomic E-state index is 0.258. The lowest BCUT2D eigenvalue weighted by Gasteiger charge is -2.26. The predicted octanol–water partition coefficient (Wildman–Crippen LogP) is 1.78. The van der Waals surface area contributed by atoms with Crippen molar-refractivity contribution in [2.75, 3.05) is 26.2 Å². The molecule has 1 saturated heterocycles. The normalized spacial score (nSPS) is 22.3. The molecule has 1 aromatic carbocycles. The summed E-state index contributed by atoms with van der Waals surface area (Å²) in [6.07, 6.45) is 0. The van der Waals surface area contributed by atoms with E-state index >= 15 is 0 Å². The second-order valence-electron chi connectivity index (χ2n) is 5.98. The summed E-state index contributed by atoms with van der Waals surface area (Å²) in [5.74, 6) is 0.544. The van der Waals surface area contributed by atoms with E-state index in [4.69, 9.17) is 5.73 Å². The second-order valence-corrected chi connectivity index (χ2v) is 5.98. The standard InChI is InChI=1S/C15H23N3O/c1-15(2)11-18(9-8-17-14(16)19)10-13(15)12-6-4-3-5-7-12/h3-7,13H,8-11H2,1-2H3,(H3,16,17,19)/t13-/m0/s1. The van der Waals surface area contributed by atoms with E-state index in [9.17, 15) is 4.79 Å². The summed E-state index contributed by atoms with van der Waals surface area (Å²) in [5, 5.41) is 2.65. The van der Waals surface area contributed by atoms with Crippen molar-refractivity contribution in [3.63, 3.8) is 0 Å². The van der Waals surface area contributed by atoms with E-state index in [1.54, 1.807) is 0 Å². The number of carbonyl (C=O) groups excluding carboxylic acids is 1. The van der Waals surface area contributed by atoms with E-state index < -0.39 is 6.03 Å². The van der Waals surface area contributed by atoms with Crippen LogP contribution in [0.5, 0.6) is 0 Å². The van der Waals surface area contributed by atoms with Crippen LogP contribution < -0.4 is 11.1 Å². The molecule has 3 N–H and O–H groups in total. The molecule has 19 heavy (non-hydrogen) atoms. The van der Waals surface area contributed by atoms with Crippen molar-refractivity contribution in [1.29, 1.82) is 0 Å². The molecule has 0 aliphatic carbocycles. The van der Waals surface area contributed by atoms with E-state index in [0.717, 1.165) is 19.6 Å². The first-order valence-electron chi connectivity index (χ1n) is 6.79. The van der Waals surface area contributed by atoms with Gasteiger partial charge in [-0.1, -0.05) is 44.2 Å². The Kier molecular flexibility index (Phi) is 4.10. The van der Waals surface area contributed by atoms with Gasteiger partial charge in [-0.15, -0.1) is 0 Å². The molecule has 0 aromatic heterocycles. The van der Waals surface area contributed by atoms with Gasteiger partial charge in [0.25, 0.3) is 0 Å². The molecule has 104 valence electrons. The maximum atomic E-state index is 10.7. The Balaban J connectivity index is 1.97. The van der Waals surface area contributed by atoms with Gasteiger partial charge < -0.3 is 16.0 Å². The monoisotopic (exact) mass is 261 g/mol. The lowest BCUT2D eigenvalue weighted by atomic mass is 9.78. The number of hydrogen-bond acceptors (Lipinski definition) is 2. The predicted molar refractivity (Wildman–Crippen MR) is 77.0 cm³/mol. The smallest absolute Gasteiger partial charge is 0.312 e. The highest BCUT2D eigenvalue weighted by Gasteiger charge is 2.39. The van der Waals surface area contributed by atoms with Crippen molar-refractivity contribution in [3.8, 4) is 0 Å². The summed E-state index contributed by atoms with van der Waals surface area (Å²) in [6, 6.07) is 10.2. The van der Waals surface area contributed by atoms with Gasteiger partial charge in [0.2, 0.25) is 0 Å². The largest absolute Gasteiger partial charge is 0.352 e. The molecule has 0 bridgehead atoms. The average Bonchev–Trinajstić information content (AvgIpc) is 2.65. The Morgan fingerprint density at radius 3 is 2.74 bits per heavy atom. The molecule has 2 rings (SSSR count). The van der Waals surface area contributed by atoms with Crippen LogP contribution in [0.25, 0.3) is 0 Å². The number of likely N-dealkylation sites (tertiary alicyclic amines) is 1. The Morgan fingerprint density at radius 1 is 1.42 bits per heavy atom. The second kappa shape index (κ2) is 5.61. The SMILES string of the molecule is CC1(C)CN(CCNC(N)=O)C[C@H]1c1ccccc1. The van der Waals surface area contributed by atoms with Gasteiger partial charge in [0.05, 0.1) is 0 Å². The number of amides is 2. The zero-order chi connectivity index (χ0) is 13.9. The highest BCUT2D eigenvalue weighted by atomic mass is 16.2. The van der Waals surface area contributed by atoms with Gasteiger partial charge in [-0.2, -0.15) is 0 Å². The fourth-order valence-corrected chi connectivity index (χ4v) is 3.01. The number of hydrogen-bond donors (Lipinski definition) is 2. The molecule has 4 nitrogen and oxygen atoms in total. The zero-order valence-corrected chi connectivity index (χ0v) is 11.7. The summed E-state index contributed by atoms with van der Waals surface area (Å²) in [5.41, 5.74) is 6.74. The number of nitrogens with one attached hydrogen (secondary N) is 1. The van der Waals surface area contributed by atoms with Crippen molar-refractivity contribution in [1.82, 2.24) is 10.2 Å². The van der Waals surface area contributed by atoms with E-state index in [-0.39, 0.29) is 5.41 Å². The molecule has 1 heterocycles. The van der Waals surface area contributed by atoms with E-state index in [2.05, 4.69) is 54.4 Å². The Hall–Kier alpha value is -1.55. The number of primary amides is 1. The van der Waals surface area contributed by atoms with Gasteiger partial charge >= 0.3 is 6.03 Å². The zero-order valence-electron chi connectivity index (χ0n) is 11.7. The molecular formula is C15H23N3O. The number of urea groups is 1. The van der Waals surface area contributed by atoms with E-state index in [1.165, 1.54) is 5.56 Å². The molecule has 1 atom stereocenters. The number of rotatable bonds is 4. The van der Waals surface area contributed by atoms with Crippen molar-refractivity contribution in [3.05, 3.63) is 35.9 Å². The first-order valence-corrected chi connectivity index (χ1v) is 6.79. The molecule has 0 saturated carbocycles. The van der Waals surface area contributed by atoms with Gasteiger partial charge in [0.1, 0.15) is 0 Å². The quantitative estimate of drug-likeness (QED) is 0.868. The molecule has 0 spiro atoms. The van der Waals surface area contributed by atoms with Crippen LogP contribution in [0.3, 0.4) is 0 Å². The Bertz CT molecular complexity index is 430. The molecular weight excluding hydrogens is 238 g/mol. The topological polar surface area (TPSA) is 58.4 Å². The number of nitrogens with two attached hydrogens (primary N) is 1. The van der Waals surface area contributed by atoms with Crippen molar-refractivity contribution < 1.29 is 4.79 Å². The van der Waals surface area contributed by atoms with Crippen LogP contribution in [0.4, 0.5) is 4.79 Å². The van der Waals surface area contributed by atoms with Crippen LogP contribution in [0.1, 0.15) is 25.3 Å². The fraction of sp³-hybridized carbons (Fsp3) is 0.533. The van der Waals surface area contributed by atoms with Crippen molar-refractivity contribution in [2.45, 2.75) is 19.8 Å². The molecule has 1 aromatic rings. The first-order chi connectivity index (χ1) is 8.99. The number of nitrogens with zero attached hydrogens (tertiary/aromatic N) is 1. The molecule has 4 heteroatoms. The molecule has 0 radical (unpaired) electrons. The van der Waals surface area contributed by atoms with E-state index in [1.807, 2.05) is 0 Å². The fourth-order valence-electron chi connectivity index (χ4n) is 3.01. The van der Waals surface area contributed by atoms with Crippen LogP contribution in [-0.4, -0.2) is 37.1 Å². The van der Waals surface area contributed by atoms with Crippen molar-refractivity contribution in [2.24, 2.45) is 11.1 Å². The minimum Gasteiger partial charge on any atom is -0.352 e. The molecule has 0 unspecified atom stereocenters. The van der Waals surface area contributed by atoms with Crippen LogP contribution in [-0.2, 0) is 0 Å². The summed E-state index contributed by atoms with van der Waals surface area (Å²) in [7, 11) is 0. The highest BCUT2D eigenvalue weighted by Crippen LogP contribution is 2.41. The van der Waals surface area contributed by atoms with Crippen LogP contribution in [0, 0.1) is 5.41 Å². The van der Waals surface area contributed by atoms with Crippen LogP contribution in [0.2, 0.25) is 0 Å². The number of benzene rings is 1. The maximum Gasteiger partial charge on any atom is 0.312 e. The van der Waals surface area contributed by atoms with E-state index in [0.29, 0.717) is 12.5 Å². The summed E-state index contributed by atoms with van der Waals surface area (Å²) in [4.78, 5) is 13.1. The van der Waals surface area contributed by atoms with Gasteiger partial charge in [0.15, 0.2) is 0 Å². The van der Waals surface area contributed by atoms with Crippen LogP contribution >= 0.6 is 0 Å². The highest BCUT2D eigenvalue weighted by molar-refractivity contribution is 5.71. The van der Waals surface area contributed by atoms with Gasteiger partial charge in [0, 0.05) is 32.1 Å². The van der Waals surface area contributed by atoms with Crippen molar-refractivity contribution >= 4 is 6.03 Å².